The Balaban J connectivity index is 1.63. The first-order chi connectivity index (χ1) is 15.4. The molecule has 32 heavy (non-hydrogen) atoms. The van der Waals surface area contributed by atoms with Crippen molar-refractivity contribution >= 4 is 57.5 Å². The predicted molar refractivity (Wildman–Crippen MR) is 121 cm³/mol. The summed E-state index contributed by atoms with van der Waals surface area (Å²) in [6.07, 6.45) is 5.18. The Morgan fingerprint density at radius 1 is 1.19 bits per heavy atom. The van der Waals surface area contributed by atoms with E-state index in [1.807, 2.05) is 0 Å². The lowest BCUT2D eigenvalue weighted by Crippen LogP contribution is -2.25. The predicted octanol–water partition coefficient (Wildman–Crippen LogP) is 3.56. The highest BCUT2D eigenvalue weighted by molar-refractivity contribution is 6.42. The number of H-pyrrole nitrogens is 1. The maximum atomic E-state index is 13.3. The molecule has 0 bridgehead atoms. The number of benzene rings is 1. The van der Waals surface area contributed by atoms with E-state index in [1.54, 1.807) is 6.07 Å². The molecule has 166 valence electrons. The van der Waals surface area contributed by atoms with Crippen LogP contribution < -0.4 is 10.6 Å². The second-order valence-corrected chi connectivity index (χ2v) is 8.34. The maximum Gasteiger partial charge on any atom is 0.251 e. The van der Waals surface area contributed by atoms with Crippen LogP contribution in [0.15, 0.2) is 30.6 Å². The third-order valence-corrected chi connectivity index (χ3v) is 5.78. The highest BCUT2D eigenvalue weighted by atomic mass is 35.5. The van der Waals surface area contributed by atoms with Gasteiger partial charge in [-0.05, 0) is 37.5 Å². The number of aromatic nitrogens is 2. The Labute approximate surface area is 193 Å². The molecule has 1 aliphatic carbocycles. The van der Waals surface area contributed by atoms with Crippen molar-refractivity contribution in [1.29, 1.82) is 0 Å². The summed E-state index contributed by atoms with van der Waals surface area (Å²) in [6, 6.07) is 4.43. The summed E-state index contributed by atoms with van der Waals surface area (Å²) in [4.78, 5) is 44.9. The van der Waals surface area contributed by atoms with Crippen LogP contribution in [0, 0.1) is 5.92 Å². The van der Waals surface area contributed by atoms with E-state index >= 15 is 0 Å². The van der Waals surface area contributed by atoms with Crippen LogP contribution in [0.25, 0.3) is 10.9 Å². The van der Waals surface area contributed by atoms with Crippen LogP contribution in [0.1, 0.15) is 45.5 Å². The number of nitrogens with one attached hydrogen (secondary N) is 3. The van der Waals surface area contributed by atoms with Crippen molar-refractivity contribution in [2.45, 2.75) is 19.3 Å². The first-order valence-electron chi connectivity index (χ1n) is 10.1. The molecule has 1 aliphatic rings. The molecule has 0 saturated heterocycles. The number of halogens is 2. The van der Waals surface area contributed by atoms with Gasteiger partial charge in [0.05, 0.1) is 21.1 Å². The lowest BCUT2D eigenvalue weighted by molar-refractivity contribution is -0.117. The van der Waals surface area contributed by atoms with E-state index in [4.69, 9.17) is 28.3 Å². The van der Waals surface area contributed by atoms with Crippen LogP contribution in [-0.2, 0) is 4.79 Å². The molecule has 0 aliphatic heterocycles. The molecule has 0 spiro atoms. The van der Waals surface area contributed by atoms with E-state index in [-0.39, 0.29) is 39.6 Å². The number of hydrogen-bond acceptors (Lipinski definition) is 5. The first kappa shape index (κ1) is 22.3. The zero-order valence-corrected chi connectivity index (χ0v) is 18.4. The summed E-state index contributed by atoms with van der Waals surface area (Å²) in [6.45, 7) is 0.260. The van der Waals surface area contributed by atoms with Gasteiger partial charge in [-0.2, -0.15) is 0 Å². The van der Waals surface area contributed by atoms with Gasteiger partial charge in [0, 0.05) is 48.0 Å². The Kier molecular flexibility index (Phi) is 6.45. The van der Waals surface area contributed by atoms with Gasteiger partial charge < -0.3 is 20.7 Å². The molecule has 8 nitrogen and oxygen atoms in total. The summed E-state index contributed by atoms with van der Waals surface area (Å²) < 4.78 is 0. The molecule has 1 saturated carbocycles. The van der Waals surface area contributed by atoms with Crippen molar-refractivity contribution in [3.63, 3.8) is 0 Å². The summed E-state index contributed by atoms with van der Waals surface area (Å²) in [5.41, 5.74) is 1.12. The van der Waals surface area contributed by atoms with Crippen LogP contribution in [-0.4, -0.2) is 45.8 Å². The highest BCUT2D eigenvalue weighted by Crippen LogP contribution is 2.34. The number of pyridine rings is 1. The van der Waals surface area contributed by atoms with E-state index in [0.717, 1.165) is 12.8 Å². The van der Waals surface area contributed by atoms with Gasteiger partial charge in [0.15, 0.2) is 11.6 Å². The minimum absolute atomic E-state index is 0.0140. The Morgan fingerprint density at radius 2 is 1.91 bits per heavy atom. The van der Waals surface area contributed by atoms with Gasteiger partial charge >= 0.3 is 0 Å². The number of hydrogen-bond donors (Lipinski definition) is 4. The van der Waals surface area contributed by atoms with Crippen LogP contribution in [0.2, 0.25) is 10.0 Å². The molecule has 1 aromatic carbocycles. The highest BCUT2D eigenvalue weighted by Gasteiger charge is 2.30. The fraction of sp³-hybridized carbons (Fsp3) is 0.273. The number of aliphatic hydroxyl groups excluding tert-OH is 1. The molecule has 2 amide bonds. The summed E-state index contributed by atoms with van der Waals surface area (Å²) >= 11 is 12.7. The molecule has 4 N–H and O–H groups in total. The summed E-state index contributed by atoms with van der Waals surface area (Å²) in [5.74, 6) is -0.559. The minimum Gasteiger partial charge on any atom is -0.396 e. The zero-order valence-electron chi connectivity index (χ0n) is 16.9. The van der Waals surface area contributed by atoms with Crippen molar-refractivity contribution in [1.82, 2.24) is 15.3 Å². The lowest BCUT2D eigenvalue weighted by atomic mass is 10.0. The number of carbonyl (C=O) groups is 3. The monoisotopic (exact) mass is 474 g/mol. The van der Waals surface area contributed by atoms with Crippen LogP contribution >= 0.6 is 23.2 Å². The lowest BCUT2D eigenvalue weighted by Gasteiger charge is -2.10. The van der Waals surface area contributed by atoms with Gasteiger partial charge in [0.1, 0.15) is 0 Å². The molecule has 2 heterocycles. The molecule has 3 aromatic rings. The maximum absolute atomic E-state index is 13.3. The third-order valence-electron chi connectivity index (χ3n) is 5.19. The van der Waals surface area contributed by atoms with Crippen LogP contribution in [0.3, 0.4) is 0 Å². The van der Waals surface area contributed by atoms with Crippen molar-refractivity contribution in [2.75, 3.05) is 18.5 Å². The van der Waals surface area contributed by atoms with Gasteiger partial charge in [-0.1, -0.05) is 23.2 Å². The number of nitrogens with zero attached hydrogens (tertiary/aromatic N) is 1. The second kappa shape index (κ2) is 9.28. The number of aromatic amines is 1. The minimum atomic E-state index is -0.427. The van der Waals surface area contributed by atoms with Gasteiger partial charge in [-0.15, -0.1) is 0 Å². The molecular weight excluding hydrogens is 455 g/mol. The van der Waals surface area contributed by atoms with E-state index in [2.05, 4.69) is 20.6 Å². The number of amides is 2. The number of aliphatic hydroxyl groups is 1. The molecule has 0 unspecified atom stereocenters. The molecular formula is C22H20Cl2N4O4. The summed E-state index contributed by atoms with van der Waals surface area (Å²) in [7, 11) is 0. The smallest absolute Gasteiger partial charge is 0.251 e. The van der Waals surface area contributed by atoms with E-state index in [1.165, 1.54) is 24.5 Å². The van der Waals surface area contributed by atoms with E-state index in [9.17, 15) is 14.4 Å². The van der Waals surface area contributed by atoms with Crippen molar-refractivity contribution in [3.05, 3.63) is 57.3 Å². The number of fused-ring (bicyclic) bond motifs is 1. The van der Waals surface area contributed by atoms with Crippen molar-refractivity contribution in [3.8, 4) is 0 Å². The Bertz CT molecular complexity index is 1200. The fourth-order valence-electron chi connectivity index (χ4n) is 3.34. The normalized spacial score (nSPS) is 13.2. The van der Waals surface area contributed by atoms with Crippen molar-refractivity contribution in [2.24, 2.45) is 5.92 Å². The number of ketones is 1. The Morgan fingerprint density at radius 3 is 2.56 bits per heavy atom. The molecule has 10 heteroatoms. The molecule has 0 atom stereocenters. The molecule has 1 fully saturated rings. The average molecular weight is 475 g/mol. The van der Waals surface area contributed by atoms with Gasteiger partial charge in [-0.25, -0.2) is 4.98 Å². The Hall–Kier alpha value is -2.94. The van der Waals surface area contributed by atoms with Crippen LogP contribution in [0.4, 0.5) is 5.82 Å². The number of carbonyl (C=O) groups excluding carboxylic acids is 3. The van der Waals surface area contributed by atoms with E-state index < -0.39 is 11.7 Å². The quantitative estimate of drug-likeness (QED) is 0.293. The number of rotatable bonds is 8. The van der Waals surface area contributed by atoms with Crippen LogP contribution in [0.5, 0.6) is 0 Å². The topological polar surface area (TPSA) is 124 Å². The van der Waals surface area contributed by atoms with Crippen molar-refractivity contribution < 1.29 is 19.5 Å². The third kappa shape index (κ3) is 4.48. The first-order valence-corrected chi connectivity index (χ1v) is 10.9. The van der Waals surface area contributed by atoms with Gasteiger partial charge in [0.2, 0.25) is 5.91 Å². The SMILES string of the molecule is O=C(NCCCO)c1cc(Cl)c(C(=O)c2c[nH]c3c(NC(=O)C4CC4)nccc23)c(Cl)c1. The summed E-state index contributed by atoms with van der Waals surface area (Å²) in [5, 5.41) is 14.9. The standard InChI is InChI=1S/C22H20Cl2N4O4/c23-15-8-12(21(31)26-5-1-7-29)9-16(24)17(15)19(30)14-10-27-18-13(14)4-6-25-20(18)28-22(32)11-2-3-11/h4,6,8-11,27,29H,1-3,5,7H2,(H,26,31)(H,25,28,32). The largest absolute Gasteiger partial charge is 0.396 e. The molecule has 4 rings (SSSR count). The van der Waals surface area contributed by atoms with Gasteiger partial charge in [0.25, 0.3) is 5.91 Å². The van der Waals surface area contributed by atoms with Gasteiger partial charge in [-0.3, -0.25) is 14.4 Å². The molecule has 0 radical (unpaired) electrons. The fourth-order valence-corrected chi connectivity index (χ4v) is 4.00. The second-order valence-electron chi connectivity index (χ2n) is 7.53. The average Bonchev–Trinajstić information content (AvgIpc) is 3.52. The molecule has 2 aromatic heterocycles. The number of anilines is 1. The van der Waals surface area contributed by atoms with E-state index in [0.29, 0.717) is 35.2 Å². The zero-order chi connectivity index (χ0) is 22.8.